The number of aromatic nitrogens is 3. The molecule has 8 heteroatoms. The maximum absolute atomic E-state index is 5.77. The van der Waals surface area contributed by atoms with Crippen LogP contribution in [0.3, 0.4) is 0 Å². The Morgan fingerprint density at radius 2 is 1.97 bits per heavy atom. The van der Waals surface area contributed by atoms with E-state index in [0.29, 0.717) is 12.4 Å². The smallest absolute Gasteiger partial charge is 0.213 e. The summed E-state index contributed by atoms with van der Waals surface area (Å²) in [7, 11) is 0. The van der Waals surface area contributed by atoms with Gasteiger partial charge in [-0.3, -0.25) is 0 Å². The highest BCUT2D eigenvalue weighted by atomic mass is 127. The third-order valence-corrected chi connectivity index (χ3v) is 5.14. The summed E-state index contributed by atoms with van der Waals surface area (Å²) in [5, 5.41) is 11.0. The maximum atomic E-state index is 5.77. The van der Waals surface area contributed by atoms with Crippen molar-refractivity contribution in [2.75, 3.05) is 19.7 Å². The SMILES string of the molecule is CCNC(=NCc1ccnc(OCC2CC2)c1)NCCc1ccc(-n2cccn2)cc1.I. The van der Waals surface area contributed by atoms with Crippen molar-refractivity contribution in [1.29, 1.82) is 0 Å². The zero-order valence-corrected chi connectivity index (χ0v) is 20.7. The number of guanidine groups is 1. The molecule has 1 saturated carbocycles. The first-order chi connectivity index (χ1) is 15.3. The van der Waals surface area contributed by atoms with E-state index in [2.05, 4.69) is 51.9 Å². The molecule has 2 N–H and O–H groups in total. The molecule has 2 aromatic heterocycles. The Kier molecular flexibility index (Phi) is 9.33. The van der Waals surface area contributed by atoms with Crippen molar-refractivity contribution in [3.8, 4) is 11.6 Å². The number of nitrogens with zero attached hydrogens (tertiary/aromatic N) is 4. The zero-order valence-electron chi connectivity index (χ0n) is 18.4. The lowest BCUT2D eigenvalue weighted by molar-refractivity contribution is 0.288. The maximum Gasteiger partial charge on any atom is 0.213 e. The molecule has 0 saturated heterocycles. The average molecular weight is 546 g/mol. The molecule has 7 nitrogen and oxygen atoms in total. The summed E-state index contributed by atoms with van der Waals surface area (Å²) >= 11 is 0. The number of hydrogen-bond acceptors (Lipinski definition) is 4. The van der Waals surface area contributed by atoms with E-state index in [4.69, 9.17) is 9.73 Å². The van der Waals surface area contributed by atoms with Crippen LogP contribution in [0.2, 0.25) is 0 Å². The summed E-state index contributed by atoms with van der Waals surface area (Å²) in [5.74, 6) is 2.22. The predicted molar refractivity (Wildman–Crippen MR) is 138 cm³/mol. The zero-order chi connectivity index (χ0) is 21.3. The van der Waals surface area contributed by atoms with Crippen LogP contribution in [0.4, 0.5) is 0 Å². The van der Waals surface area contributed by atoms with Crippen molar-refractivity contribution < 1.29 is 4.74 Å². The highest BCUT2D eigenvalue weighted by molar-refractivity contribution is 14.0. The van der Waals surface area contributed by atoms with Gasteiger partial charge in [-0.1, -0.05) is 12.1 Å². The molecular formula is C24H31IN6O. The monoisotopic (exact) mass is 546 g/mol. The standard InChI is InChI=1S/C24H30N6O.HI/c1-2-25-24(28-17-21-11-13-26-23(16-21)31-18-20-4-5-20)27-14-10-19-6-8-22(9-7-19)30-15-3-12-29-30;/h3,6-9,11-13,15-16,20H,2,4-5,10,14,17-18H2,1H3,(H2,25,27,28);1H. The van der Waals surface area contributed by atoms with E-state index >= 15 is 0 Å². The number of pyridine rings is 1. The normalized spacial score (nSPS) is 13.3. The van der Waals surface area contributed by atoms with Gasteiger partial charge in [-0.25, -0.2) is 14.7 Å². The summed E-state index contributed by atoms with van der Waals surface area (Å²) in [6, 6.07) is 14.4. The number of hydrogen-bond donors (Lipinski definition) is 2. The summed E-state index contributed by atoms with van der Waals surface area (Å²) < 4.78 is 7.64. The van der Waals surface area contributed by atoms with Crippen LogP contribution in [-0.4, -0.2) is 40.4 Å². The van der Waals surface area contributed by atoms with Crippen LogP contribution >= 0.6 is 24.0 Å². The molecule has 1 fully saturated rings. The minimum atomic E-state index is 0. The van der Waals surface area contributed by atoms with Crippen LogP contribution < -0.4 is 15.4 Å². The van der Waals surface area contributed by atoms with Gasteiger partial charge >= 0.3 is 0 Å². The fraction of sp³-hybridized carbons (Fsp3) is 0.375. The lowest BCUT2D eigenvalue weighted by Gasteiger charge is -2.12. The Morgan fingerprint density at radius 1 is 1.12 bits per heavy atom. The van der Waals surface area contributed by atoms with Crippen molar-refractivity contribution in [2.45, 2.75) is 32.7 Å². The van der Waals surface area contributed by atoms with Gasteiger partial charge in [-0.2, -0.15) is 5.10 Å². The van der Waals surface area contributed by atoms with Gasteiger partial charge in [0.2, 0.25) is 5.88 Å². The summed E-state index contributed by atoms with van der Waals surface area (Å²) in [6.07, 6.45) is 8.99. The van der Waals surface area contributed by atoms with Crippen molar-refractivity contribution >= 4 is 29.9 Å². The van der Waals surface area contributed by atoms with Crippen molar-refractivity contribution in [3.05, 3.63) is 72.2 Å². The molecule has 0 atom stereocenters. The Bertz CT molecular complexity index is 970. The third kappa shape index (κ3) is 7.51. The molecule has 0 spiro atoms. The molecule has 3 aromatic rings. The Morgan fingerprint density at radius 3 is 2.69 bits per heavy atom. The summed E-state index contributed by atoms with van der Waals surface area (Å²) in [4.78, 5) is 9.01. The van der Waals surface area contributed by atoms with E-state index in [0.717, 1.165) is 49.2 Å². The van der Waals surface area contributed by atoms with Crippen molar-refractivity contribution in [3.63, 3.8) is 0 Å². The highest BCUT2D eigenvalue weighted by Gasteiger charge is 2.22. The first-order valence-electron chi connectivity index (χ1n) is 11.0. The van der Waals surface area contributed by atoms with Gasteiger partial charge in [0, 0.05) is 37.7 Å². The number of halogens is 1. The van der Waals surface area contributed by atoms with Crippen molar-refractivity contribution in [1.82, 2.24) is 25.4 Å². The number of rotatable bonds is 10. The first-order valence-corrected chi connectivity index (χ1v) is 11.0. The Labute approximate surface area is 206 Å². The lowest BCUT2D eigenvalue weighted by atomic mass is 10.1. The minimum Gasteiger partial charge on any atom is -0.477 e. The van der Waals surface area contributed by atoms with Crippen LogP contribution in [0.1, 0.15) is 30.9 Å². The van der Waals surface area contributed by atoms with Crippen LogP contribution in [0.15, 0.2) is 66.0 Å². The molecule has 1 aliphatic rings. The minimum absolute atomic E-state index is 0. The van der Waals surface area contributed by atoms with Gasteiger partial charge in [0.1, 0.15) is 0 Å². The molecular weight excluding hydrogens is 515 g/mol. The highest BCUT2D eigenvalue weighted by Crippen LogP contribution is 2.29. The second-order valence-corrected chi connectivity index (χ2v) is 7.75. The fourth-order valence-electron chi connectivity index (χ4n) is 3.19. The number of benzene rings is 1. The van der Waals surface area contributed by atoms with Gasteiger partial charge in [-0.05, 0) is 67.5 Å². The topological polar surface area (TPSA) is 76.4 Å². The average Bonchev–Trinajstić information content (AvgIpc) is 3.47. The molecule has 1 aliphatic carbocycles. The van der Waals surface area contributed by atoms with Crippen molar-refractivity contribution in [2.24, 2.45) is 10.9 Å². The van der Waals surface area contributed by atoms with Gasteiger partial charge in [-0.15, -0.1) is 24.0 Å². The van der Waals surface area contributed by atoms with E-state index < -0.39 is 0 Å². The van der Waals surface area contributed by atoms with Gasteiger partial charge in [0.25, 0.3) is 0 Å². The number of ether oxygens (including phenoxy) is 1. The number of nitrogens with one attached hydrogen (secondary N) is 2. The predicted octanol–water partition coefficient (Wildman–Crippen LogP) is 3.97. The van der Waals surface area contributed by atoms with Crippen LogP contribution in [0, 0.1) is 5.92 Å². The molecule has 4 rings (SSSR count). The van der Waals surface area contributed by atoms with Gasteiger partial charge < -0.3 is 15.4 Å². The second kappa shape index (κ2) is 12.4. The first kappa shape index (κ1) is 24.0. The molecule has 0 bridgehead atoms. The molecule has 2 heterocycles. The van der Waals surface area contributed by atoms with Crippen LogP contribution in [-0.2, 0) is 13.0 Å². The number of aliphatic imine (C=N–C) groups is 1. The third-order valence-electron chi connectivity index (χ3n) is 5.14. The molecule has 0 amide bonds. The fourth-order valence-corrected chi connectivity index (χ4v) is 3.19. The summed E-state index contributed by atoms with van der Waals surface area (Å²) in [5.41, 5.74) is 3.42. The van der Waals surface area contributed by atoms with E-state index in [9.17, 15) is 0 Å². The van der Waals surface area contributed by atoms with Crippen LogP contribution in [0.5, 0.6) is 5.88 Å². The van der Waals surface area contributed by atoms with Gasteiger partial charge in [0.05, 0.1) is 18.8 Å². The van der Waals surface area contributed by atoms with E-state index in [1.807, 2.05) is 29.1 Å². The van der Waals surface area contributed by atoms with Crippen LogP contribution in [0.25, 0.3) is 5.69 Å². The molecule has 0 aliphatic heterocycles. The lowest BCUT2D eigenvalue weighted by Crippen LogP contribution is -2.38. The molecule has 170 valence electrons. The largest absolute Gasteiger partial charge is 0.477 e. The second-order valence-electron chi connectivity index (χ2n) is 7.75. The summed E-state index contributed by atoms with van der Waals surface area (Å²) in [6.45, 7) is 5.04. The molecule has 0 unspecified atom stereocenters. The van der Waals surface area contributed by atoms with E-state index in [-0.39, 0.29) is 24.0 Å². The Balaban J connectivity index is 0.00000289. The van der Waals surface area contributed by atoms with E-state index in [1.165, 1.54) is 18.4 Å². The quantitative estimate of drug-likeness (QED) is 0.229. The van der Waals surface area contributed by atoms with Gasteiger partial charge in [0.15, 0.2) is 5.96 Å². The molecule has 32 heavy (non-hydrogen) atoms. The van der Waals surface area contributed by atoms with E-state index in [1.54, 1.807) is 12.4 Å². The molecule has 0 radical (unpaired) electrons. The Hall–Kier alpha value is -2.62. The molecule has 1 aromatic carbocycles.